The van der Waals surface area contributed by atoms with Crippen LogP contribution in [-0.4, -0.2) is 76.8 Å². The van der Waals surface area contributed by atoms with Crippen LogP contribution >= 0.6 is 0 Å². The molecule has 3 aliphatic rings. The summed E-state index contributed by atoms with van der Waals surface area (Å²) in [5.74, 6) is -0.448. The molecule has 0 radical (unpaired) electrons. The fraction of sp³-hybridized carbons (Fsp3) is 0.609. The van der Waals surface area contributed by atoms with Crippen LogP contribution in [0, 0.1) is 0 Å². The van der Waals surface area contributed by atoms with Crippen LogP contribution in [0.4, 0.5) is 4.79 Å². The Kier molecular flexibility index (Phi) is 5.82. The van der Waals surface area contributed by atoms with Crippen LogP contribution in [0.2, 0.25) is 0 Å². The maximum atomic E-state index is 13.4. The summed E-state index contributed by atoms with van der Waals surface area (Å²) in [5.41, 5.74) is 1.01. The summed E-state index contributed by atoms with van der Waals surface area (Å²) in [4.78, 5) is 42.8. The number of fused-ring (bicyclic) bond motifs is 1. The Morgan fingerprint density at radius 3 is 2.63 bits per heavy atom. The van der Waals surface area contributed by atoms with Gasteiger partial charge in [-0.3, -0.25) is 19.4 Å². The van der Waals surface area contributed by atoms with Crippen molar-refractivity contribution in [1.29, 1.82) is 0 Å². The molecule has 0 unspecified atom stereocenters. The Morgan fingerprint density at radius 2 is 1.93 bits per heavy atom. The van der Waals surface area contributed by atoms with Crippen molar-refractivity contribution >= 4 is 17.8 Å². The van der Waals surface area contributed by atoms with Gasteiger partial charge < -0.3 is 10.2 Å². The molecule has 3 atom stereocenters. The molecule has 1 N–H and O–H groups in total. The number of carbonyl (C=O) groups excluding carboxylic acids is 3. The lowest BCUT2D eigenvalue weighted by Gasteiger charge is -2.45. The Balaban J connectivity index is 1.56. The van der Waals surface area contributed by atoms with Gasteiger partial charge in [-0.15, -0.1) is 0 Å². The number of hydrogen-bond donors (Lipinski definition) is 1. The van der Waals surface area contributed by atoms with E-state index in [9.17, 15) is 14.4 Å². The first-order valence-corrected chi connectivity index (χ1v) is 11.0. The van der Waals surface area contributed by atoms with Crippen LogP contribution in [-0.2, 0) is 16.0 Å². The number of likely N-dealkylation sites (N-methyl/N-ethyl adjacent to an activating group) is 1. The van der Waals surface area contributed by atoms with Crippen LogP contribution in [0.1, 0.15) is 44.6 Å². The highest BCUT2D eigenvalue weighted by molar-refractivity contribution is 6.04. The molecule has 3 fully saturated rings. The highest BCUT2D eigenvalue weighted by Gasteiger charge is 2.52. The second-order valence-corrected chi connectivity index (χ2v) is 9.12. The predicted octanol–water partition coefficient (Wildman–Crippen LogP) is 2.01. The molecule has 3 aliphatic heterocycles. The van der Waals surface area contributed by atoms with Gasteiger partial charge in [-0.05, 0) is 45.2 Å². The van der Waals surface area contributed by atoms with Crippen molar-refractivity contribution < 1.29 is 14.4 Å². The van der Waals surface area contributed by atoms with Gasteiger partial charge in [0.2, 0.25) is 5.91 Å². The Hall–Kier alpha value is -2.41. The molecule has 0 bridgehead atoms. The van der Waals surface area contributed by atoms with Crippen molar-refractivity contribution in [2.75, 3.05) is 26.7 Å². The van der Waals surface area contributed by atoms with E-state index in [2.05, 4.69) is 48.5 Å². The molecule has 4 amide bonds. The number of likely N-dealkylation sites (tertiary alicyclic amines) is 2. The molecule has 0 aromatic heterocycles. The van der Waals surface area contributed by atoms with Crippen LogP contribution in [0.25, 0.3) is 0 Å². The monoisotopic (exact) mass is 412 g/mol. The van der Waals surface area contributed by atoms with E-state index in [1.807, 2.05) is 11.0 Å². The number of rotatable bonds is 4. The van der Waals surface area contributed by atoms with Crippen LogP contribution < -0.4 is 5.32 Å². The van der Waals surface area contributed by atoms with Gasteiger partial charge >= 0.3 is 6.03 Å². The number of urea groups is 1. The number of benzene rings is 1. The van der Waals surface area contributed by atoms with Crippen molar-refractivity contribution in [3.63, 3.8) is 0 Å². The topological polar surface area (TPSA) is 73.0 Å². The molecule has 7 nitrogen and oxygen atoms in total. The van der Waals surface area contributed by atoms with Crippen LogP contribution in [0.15, 0.2) is 30.3 Å². The van der Waals surface area contributed by atoms with Gasteiger partial charge in [-0.1, -0.05) is 43.2 Å². The summed E-state index contributed by atoms with van der Waals surface area (Å²) in [6.07, 6.45) is 6.13. The average Bonchev–Trinajstić information content (AvgIpc) is 3.14. The molecule has 0 saturated carbocycles. The SMILES string of the molecule is CN1[C@H](Cc2ccccc2)C[C@@]2(C)[C@@H]1CCCCCN2C(=O)CN1C(=O)CNC1=O. The van der Waals surface area contributed by atoms with Crippen molar-refractivity contribution in [3.8, 4) is 0 Å². The lowest BCUT2D eigenvalue weighted by Crippen LogP contribution is -2.59. The summed E-state index contributed by atoms with van der Waals surface area (Å²) in [6, 6.07) is 10.7. The average molecular weight is 413 g/mol. The largest absolute Gasteiger partial charge is 0.334 e. The zero-order chi connectivity index (χ0) is 21.3. The smallest absolute Gasteiger partial charge is 0.325 e. The summed E-state index contributed by atoms with van der Waals surface area (Å²) < 4.78 is 0. The molecule has 3 heterocycles. The number of nitrogens with one attached hydrogen (secondary N) is 1. The number of imide groups is 1. The quantitative estimate of drug-likeness (QED) is 0.768. The van der Waals surface area contributed by atoms with Gasteiger partial charge in [-0.25, -0.2) is 4.79 Å². The third-order valence-electron chi connectivity index (χ3n) is 7.26. The van der Waals surface area contributed by atoms with Gasteiger partial charge in [-0.2, -0.15) is 0 Å². The van der Waals surface area contributed by atoms with E-state index in [-0.39, 0.29) is 36.5 Å². The lowest BCUT2D eigenvalue weighted by atomic mass is 9.83. The molecule has 30 heavy (non-hydrogen) atoms. The second-order valence-electron chi connectivity index (χ2n) is 9.12. The number of nitrogens with zero attached hydrogens (tertiary/aromatic N) is 3. The fourth-order valence-electron chi connectivity index (χ4n) is 5.64. The number of carbonyl (C=O) groups is 3. The van der Waals surface area contributed by atoms with Crippen LogP contribution in [0.5, 0.6) is 0 Å². The second kappa shape index (κ2) is 8.38. The molecular formula is C23H32N4O3. The van der Waals surface area contributed by atoms with E-state index in [1.54, 1.807) is 0 Å². The van der Waals surface area contributed by atoms with E-state index >= 15 is 0 Å². The van der Waals surface area contributed by atoms with E-state index in [0.717, 1.165) is 43.4 Å². The minimum Gasteiger partial charge on any atom is -0.334 e. The first-order chi connectivity index (χ1) is 14.4. The third-order valence-corrected chi connectivity index (χ3v) is 7.26. The molecule has 0 spiro atoms. The van der Waals surface area contributed by atoms with Gasteiger partial charge in [0.25, 0.3) is 5.91 Å². The Labute approximate surface area is 178 Å². The maximum absolute atomic E-state index is 13.4. The van der Waals surface area contributed by atoms with Gasteiger partial charge in [0, 0.05) is 18.6 Å². The maximum Gasteiger partial charge on any atom is 0.325 e. The van der Waals surface area contributed by atoms with Gasteiger partial charge in [0.05, 0.1) is 12.1 Å². The molecule has 3 saturated heterocycles. The molecule has 7 heteroatoms. The Bertz CT molecular complexity index is 798. The summed E-state index contributed by atoms with van der Waals surface area (Å²) in [7, 11) is 2.19. The van der Waals surface area contributed by atoms with E-state index < -0.39 is 6.03 Å². The predicted molar refractivity (Wildman–Crippen MR) is 114 cm³/mol. The molecule has 1 aromatic rings. The third kappa shape index (κ3) is 3.83. The van der Waals surface area contributed by atoms with Gasteiger partial charge in [0.1, 0.15) is 6.54 Å². The zero-order valence-electron chi connectivity index (χ0n) is 18.0. The summed E-state index contributed by atoms with van der Waals surface area (Å²) >= 11 is 0. The Morgan fingerprint density at radius 1 is 1.17 bits per heavy atom. The van der Waals surface area contributed by atoms with E-state index in [1.165, 1.54) is 5.56 Å². The first kappa shape index (κ1) is 20.8. The minimum atomic E-state index is -0.465. The highest BCUT2D eigenvalue weighted by atomic mass is 16.2. The zero-order valence-corrected chi connectivity index (χ0v) is 18.0. The minimum absolute atomic E-state index is 0.0199. The number of amides is 4. The molecule has 0 aliphatic carbocycles. The molecule has 162 valence electrons. The first-order valence-electron chi connectivity index (χ1n) is 11.0. The summed E-state index contributed by atoms with van der Waals surface area (Å²) in [6.45, 7) is 2.70. The summed E-state index contributed by atoms with van der Waals surface area (Å²) in [5, 5.41) is 2.51. The normalized spacial score (nSPS) is 30.1. The lowest BCUT2D eigenvalue weighted by molar-refractivity contribution is -0.142. The van der Waals surface area contributed by atoms with E-state index in [4.69, 9.17) is 0 Å². The van der Waals surface area contributed by atoms with Crippen molar-refractivity contribution in [2.24, 2.45) is 0 Å². The van der Waals surface area contributed by atoms with Crippen molar-refractivity contribution in [3.05, 3.63) is 35.9 Å². The van der Waals surface area contributed by atoms with Crippen molar-refractivity contribution in [2.45, 2.75) is 63.1 Å². The van der Waals surface area contributed by atoms with Crippen molar-refractivity contribution in [1.82, 2.24) is 20.0 Å². The standard InChI is InChI=1S/C23H32N4O3/c1-23-14-18(13-17-9-5-3-6-10-17)25(2)19(23)11-7-4-8-12-27(23)21(29)16-26-20(28)15-24-22(26)30/h3,5-6,9-10,18-19H,4,7-8,11-16H2,1-2H3,(H,24,30)/t18-,19+,23+/m1/s1. The molecular weight excluding hydrogens is 380 g/mol. The fourth-order valence-corrected chi connectivity index (χ4v) is 5.64. The molecule has 4 rings (SSSR count). The van der Waals surface area contributed by atoms with E-state index in [0.29, 0.717) is 12.6 Å². The number of hydrogen-bond acceptors (Lipinski definition) is 4. The molecule has 1 aromatic carbocycles. The van der Waals surface area contributed by atoms with Gasteiger partial charge in [0.15, 0.2) is 0 Å². The highest BCUT2D eigenvalue weighted by Crippen LogP contribution is 2.42. The van der Waals surface area contributed by atoms with Crippen LogP contribution in [0.3, 0.4) is 0 Å².